The Morgan fingerprint density at radius 1 is 1.24 bits per heavy atom. The molecule has 1 aromatic carbocycles. The van der Waals surface area contributed by atoms with Crippen LogP contribution in [0.15, 0.2) is 30.5 Å². The Kier molecular flexibility index (Phi) is 3.85. The Bertz CT molecular complexity index is 485. The fourth-order valence-electron chi connectivity index (χ4n) is 2.21. The van der Waals surface area contributed by atoms with Crippen molar-refractivity contribution in [3.05, 3.63) is 36.0 Å². The van der Waals surface area contributed by atoms with Crippen LogP contribution in [0.4, 0.5) is 0 Å². The average Bonchev–Trinajstić information content (AvgIpc) is 2.71. The molecule has 0 radical (unpaired) electrons. The molecule has 0 bridgehead atoms. The molecule has 0 aliphatic carbocycles. The van der Waals surface area contributed by atoms with Crippen molar-refractivity contribution in [2.75, 3.05) is 0 Å². The molecular formula is C15H21NO. The number of aryl methyl sites for hydroxylation is 1. The third-order valence-corrected chi connectivity index (χ3v) is 3.20. The normalized spacial score (nSPS) is 11.5. The summed E-state index contributed by atoms with van der Waals surface area (Å²) in [5.41, 5.74) is 2.25. The topological polar surface area (TPSA) is 25.2 Å². The van der Waals surface area contributed by atoms with Gasteiger partial charge in [-0.05, 0) is 47.9 Å². The van der Waals surface area contributed by atoms with Crippen molar-refractivity contribution in [3.8, 4) is 0 Å². The van der Waals surface area contributed by atoms with Crippen LogP contribution in [0.3, 0.4) is 0 Å². The maximum atomic E-state index is 9.10. The highest BCUT2D eigenvalue weighted by atomic mass is 16.3. The van der Waals surface area contributed by atoms with E-state index >= 15 is 0 Å². The minimum atomic E-state index is 0.120. The third kappa shape index (κ3) is 2.89. The largest absolute Gasteiger partial charge is 0.392 e. The minimum Gasteiger partial charge on any atom is -0.392 e. The fraction of sp³-hybridized carbons (Fsp3) is 0.467. The van der Waals surface area contributed by atoms with E-state index in [2.05, 4.69) is 42.8 Å². The van der Waals surface area contributed by atoms with Crippen molar-refractivity contribution in [2.24, 2.45) is 5.92 Å². The van der Waals surface area contributed by atoms with Crippen molar-refractivity contribution in [1.29, 1.82) is 0 Å². The van der Waals surface area contributed by atoms with E-state index in [1.165, 1.54) is 23.7 Å². The number of hydrogen-bond acceptors (Lipinski definition) is 1. The second-order valence-corrected chi connectivity index (χ2v) is 5.10. The zero-order valence-electron chi connectivity index (χ0n) is 10.7. The van der Waals surface area contributed by atoms with Crippen LogP contribution in [-0.2, 0) is 13.2 Å². The lowest BCUT2D eigenvalue weighted by atomic mass is 10.1. The molecule has 0 atom stereocenters. The summed E-state index contributed by atoms with van der Waals surface area (Å²) < 4.78 is 2.30. The number of aliphatic hydroxyl groups is 1. The van der Waals surface area contributed by atoms with E-state index in [0.29, 0.717) is 0 Å². The molecule has 1 heterocycles. The number of aliphatic hydroxyl groups excluding tert-OH is 1. The van der Waals surface area contributed by atoms with Gasteiger partial charge < -0.3 is 9.67 Å². The van der Waals surface area contributed by atoms with Crippen LogP contribution in [-0.4, -0.2) is 9.67 Å². The zero-order valence-corrected chi connectivity index (χ0v) is 10.7. The van der Waals surface area contributed by atoms with Crippen LogP contribution in [0, 0.1) is 5.92 Å². The highest BCUT2D eigenvalue weighted by Crippen LogP contribution is 2.19. The second-order valence-electron chi connectivity index (χ2n) is 5.10. The zero-order chi connectivity index (χ0) is 12.3. The Morgan fingerprint density at radius 3 is 2.76 bits per heavy atom. The van der Waals surface area contributed by atoms with Crippen LogP contribution in [0.25, 0.3) is 10.9 Å². The van der Waals surface area contributed by atoms with Crippen LogP contribution < -0.4 is 0 Å². The first kappa shape index (κ1) is 12.2. The molecule has 0 unspecified atom stereocenters. The second kappa shape index (κ2) is 5.37. The van der Waals surface area contributed by atoms with E-state index in [0.717, 1.165) is 18.0 Å². The summed E-state index contributed by atoms with van der Waals surface area (Å²) in [6, 6.07) is 8.30. The van der Waals surface area contributed by atoms with Gasteiger partial charge in [0.1, 0.15) is 0 Å². The number of benzene rings is 1. The van der Waals surface area contributed by atoms with Crippen LogP contribution in [0.2, 0.25) is 0 Å². The number of rotatable bonds is 5. The maximum absolute atomic E-state index is 9.10. The van der Waals surface area contributed by atoms with Gasteiger partial charge in [0.05, 0.1) is 6.61 Å². The fourth-order valence-corrected chi connectivity index (χ4v) is 2.21. The lowest BCUT2D eigenvalue weighted by Crippen LogP contribution is -1.98. The number of aromatic nitrogens is 1. The minimum absolute atomic E-state index is 0.120. The van der Waals surface area contributed by atoms with Crippen LogP contribution >= 0.6 is 0 Å². The van der Waals surface area contributed by atoms with Crippen molar-refractivity contribution < 1.29 is 5.11 Å². The maximum Gasteiger partial charge on any atom is 0.0682 e. The van der Waals surface area contributed by atoms with Crippen molar-refractivity contribution >= 4 is 10.9 Å². The van der Waals surface area contributed by atoms with E-state index in [1.807, 2.05) is 6.07 Å². The molecule has 1 N–H and O–H groups in total. The van der Waals surface area contributed by atoms with Crippen LogP contribution in [0.1, 0.15) is 32.3 Å². The summed E-state index contributed by atoms with van der Waals surface area (Å²) in [5, 5.41) is 10.3. The SMILES string of the molecule is CC(C)CCCn1ccc2cc(CO)ccc21. The lowest BCUT2D eigenvalue weighted by Gasteiger charge is -2.07. The quantitative estimate of drug-likeness (QED) is 0.836. The van der Waals surface area contributed by atoms with Crippen molar-refractivity contribution in [2.45, 2.75) is 39.8 Å². The Balaban J connectivity index is 2.13. The Hall–Kier alpha value is -1.28. The van der Waals surface area contributed by atoms with Gasteiger partial charge in [0.2, 0.25) is 0 Å². The molecule has 0 saturated carbocycles. The predicted molar refractivity (Wildman–Crippen MR) is 71.9 cm³/mol. The molecule has 0 aliphatic rings. The van der Waals surface area contributed by atoms with Gasteiger partial charge in [0.25, 0.3) is 0 Å². The predicted octanol–water partition coefficient (Wildman–Crippen LogP) is 3.57. The summed E-state index contributed by atoms with van der Waals surface area (Å²) >= 11 is 0. The molecule has 0 saturated heterocycles. The highest BCUT2D eigenvalue weighted by molar-refractivity contribution is 5.80. The van der Waals surface area contributed by atoms with Gasteiger partial charge in [-0.25, -0.2) is 0 Å². The average molecular weight is 231 g/mol. The molecule has 0 spiro atoms. The van der Waals surface area contributed by atoms with Gasteiger partial charge in [-0.15, -0.1) is 0 Å². The standard InChI is InChI=1S/C15H21NO/c1-12(2)4-3-8-16-9-7-14-10-13(11-17)5-6-15(14)16/h5-7,9-10,12,17H,3-4,8,11H2,1-2H3. The Morgan fingerprint density at radius 2 is 2.06 bits per heavy atom. The monoisotopic (exact) mass is 231 g/mol. The summed E-state index contributed by atoms with van der Waals surface area (Å²) in [4.78, 5) is 0. The summed E-state index contributed by atoms with van der Waals surface area (Å²) in [6.45, 7) is 5.73. The molecule has 2 aromatic rings. The molecule has 2 heteroatoms. The first-order valence-electron chi connectivity index (χ1n) is 6.39. The molecule has 0 fully saturated rings. The summed E-state index contributed by atoms with van der Waals surface area (Å²) in [6.07, 6.45) is 4.64. The number of fused-ring (bicyclic) bond motifs is 1. The molecule has 0 amide bonds. The Labute approximate surface area is 103 Å². The summed E-state index contributed by atoms with van der Waals surface area (Å²) in [7, 11) is 0. The number of hydrogen-bond donors (Lipinski definition) is 1. The molecular weight excluding hydrogens is 210 g/mol. The summed E-state index contributed by atoms with van der Waals surface area (Å²) in [5.74, 6) is 0.776. The molecule has 92 valence electrons. The number of nitrogens with zero attached hydrogens (tertiary/aromatic N) is 1. The van der Waals surface area contributed by atoms with E-state index in [4.69, 9.17) is 5.11 Å². The first-order valence-corrected chi connectivity index (χ1v) is 6.39. The molecule has 2 rings (SSSR count). The molecule has 17 heavy (non-hydrogen) atoms. The van der Waals surface area contributed by atoms with Crippen molar-refractivity contribution in [1.82, 2.24) is 4.57 Å². The van der Waals surface area contributed by atoms with E-state index in [-0.39, 0.29) is 6.61 Å². The third-order valence-electron chi connectivity index (χ3n) is 3.20. The van der Waals surface area contributed by atoms with E-state index < -0.39 is 0 Å². The molecule has 0 aliphatic heterocycles. The molecule has 1 aromatic heterocycles. The first-order chi connectivity index (χ1) is 8.20. The van der Waals surface area contributed by atoms with Gasteiger partial charge in [-0.1, -0.05) is 19.9 Å². The van der Waals surface area contributed by atoms with Gasteiger partial charge in [-0.3, -0.25) is 0 Å². The van der Waals surface area contributed by atoms with E-state index in [1.54, 1.807) is 0 Å². The molecule has 2 nitrogen and oxygen atoms in total. The smallest absolute Gasteiger partial charge is 0.0682 e. The highest BCUT2D eigenvalue weighted by Gasteiger charge is 2.02. The van der Waals surface area contributed by atoms with Crippen molar-refractivity contribution in [3.63, 3.8) is 0 Å². The van der Waals surface area contributed by atoms with Gasteiger partial charge in [0, 0.05) is 18.3 Å². The van der Waals surface area contributed by atoms with Gasteiger partial charge >= 0.3 is 0 Å². The van der Waals surface area contributed by atoms with E-state index in [9.17, 15) is 0 Å². The van der Waals surface area contributed by atoms with Crippen LogP contribution in [0.5, 0.6) is 0 Å². The van der Waals surface area contributed by atoms with Gasteiger partial charge in [0.15, 0.2) is 0 Å². The van der Waals surface area contributed by atoms with Gasteiger partial charge in [-0.2, -0.15) is 0 Å². The lowest BCUT2D eigenvalue weighted by molar-refractivity contribution is 0.282.